The normalized spacial score (nSPS) is 21.3. The van der Waals surface area contributed by atoms with Gasteiger partial charge in [-0.25, -0.2) is 8.42 Å². The molecule has 104 valence electrons. The smallest absolute Gasteiger partial charge is 0.252 e. The number of hydrogen-bond acceptors (Lipinski definition) is 3. The van der Waals surface area contributed by atoms with Gasteiger partial charge in [-0.2, -0.15) is 0 Å². The number of rotatable bonds is 3. The first-order valence-corrected chi connectivity index (χ1v) is 9.50. The van der Waals surface area contributed by atoms with Gasteiger partial charge < -0.3 is 5.32 Å². The van der Waals surface area contributed by atoms with Gasteiger partial charge in [0.2, 0.25) is 0 Å². The van der Waals surface area contributed by atoms with E-state index in [0.717, 1.165) is 8.04 Å². The predicted molar refractivity (Wildman–Crippen MR) is 86.0 cm³/mol. The molecule has 1 aromatic carbocycles. The molecule has 1 N–H and O–H groups in total. The molecular weight excluding hydrogens is 445 g/mol. The molecular formula is C12H13BrINO3S. The molecule has 0 aromatic heterocycles. The summed E-state index contributed by atoms with van der Waals surface area (Å²) in [7, 11) is -2.88. The highest BCUT2D eigenvalue weighted by Crippen LogP contribution is 2.20. The lowest BCUT2D eigenvalue weighted by molar-refractivity contribution is 0.0947. The molecule has 1 fully saturated rings. The predicted octanol–water partition coefficient (Wildman–Crippen LogP) is 2.22. The molecule has 19 heavy (non-hydrogen) atoms. The van der Waals surface area contributed by atoms with Gasteiger partial charge in [0.1, 0.15) is 0 Å². The second-order valence-electron chi connectivity index (χ2n) is 4.60. The van der Waals surface area contributed by atoms with E-state index in [2.05, 4.69) is 43.8 Å². The molecule has 7 heteroatoms. The van der Waals surface area contributed by atoms with Crippen LogP contribution >= 0.6 is 38.5 Å². The number of benzene rings is 1. The van der Waals surface area contributed by atoms with Crippen molar-refractivity contribution in [2.75, 3.05) is 18.1 Å². The third-order valence-corrected chi connectivity index (χ3v) is 6.25. The van der Waals surface area contributed by atoms with E-state index in [1.807, 2.05) is 12.1 Å². The summed E-state index contributed by atoms with van der Waals surface area (Å²) in [6.45, 7) is 0.413. The highest BCUT2D eigenvalue weighted by Gasteiger charge is 2.28. The lowest BCUT2D eigenvalue weighted by Gasteiger charge is -2.10. The summed E-state index contributed by atoms with van der Waals surface area (Å²) >= 11 is 5.49. The quantitative estimate of drug-likeness (QED) is 0.708. The van der Waals surface area contributed by atoms with Crippen molar-refractivity contribution in [1.29, 1.82) is 0 Å². The van der Waals surface area contributed by atoms with E-state index in [0.29, 0.717) is 18.5 Å². The molecule has 0 saturated carbocycles. The Balaban J connectivity index is 1.97. The highest BCUT2D eigenvalue weighted by molar-refractivity contribution is 14.1. The van der Waals surface area contributed by atoms with Crippen LogP contribution in [0.4, 0.5) is 0 Å². The third kappa shape index (κ3) is 4.16. The minimum Gasteiger partial charge on any atom is -0.352 e. The number of carbonyl (C=O) groups is 1. The molecule has 1 atom stereocenters. The van der Waals surface area contributed by atoms with Crippen molar-refractivity contribution < 1.29 is 13.2 Å². The van der Waals surface area contributed by atoms with Gasteiger partial charge in [0, 0.05) is 14.6 Å². The van der Waals surface area contributed by atoms with E-state index in [4.69, 9.17) is 0 Å². The minimum absolute atomic E-state index is 0.0375. The highest BCUT2D eigenvalue weighted by atomic mass is 127. The van der Waals surface area contributed by atoms with Gasteiger partial charge in [-0.05, 0) is 69.1 Å². The molecule has 1 unspecified atom stereocenters. The molecule has 4 nitrogen and oxygen atoms in total. The van der Waals surface area contributed by atoms with Crippen LogP contribution in [0.1, 0.15) is 16.8 Å². The first-order chi connectivity index (χ1) is 8.87. The Morgan fingerprint density at radius 3 is 2.84 bits per heavy atom. The van der Waals surface area contributed by atoms with Gasteiger partial charge in [-0.1, -0.05) is 0 Å². The Bertz CT molecular complexity index is 603. The SMILES string of the molecule is O=C(NCC1CCS(=O)(=O)C1)c1cc(I)ccc1Br. The molecule has 1 heterocycles. The second kappa shape index (κ2) is 6.09. The van der Waals surface area contributed by atoms with Crippen molar-refractivity contribution in [2.24, 2.45) is 5.92 Å². The average molecular weight is 458 g/mol. The molecule has 0 radical (unpaired) electrons. The lowest BCUT2D eigenvalue weighted by Crippen LogP contribution is -2.30. The van der Waals surface area contributed by atoms with Gasteiger partial charge in [0.05, 0.1) is 17.1 Å². The van der Waals surface area contributed by atoms with Crippen molar-refractivity contribution in [1.82, 2.24) is 5.32 Å². The molecule has 1 aliphatic rings. The van der Waals surface area contributed by atoms with E-state index in [1.54, 1.807) is 6.07 Å². The van der Waals surface area contributed by atoms with E-state index in [1.165, 1.54) is 0 Å². The zero-order chi connectivity index (χ0) is 14.0. The van der Waals surface area contributed by atoms with Crippen LogP contribution in [-0.4, -0.2) is 32.4 Å². The van der Waals surface area contributed by atoms with E-state index in [9.17, 15) is 13.2 Å². The van der Waals surface area contributed by atoms with Crippen LogP contribution in [0.25, 0.3) is 0 Å². The summed E-state index contributed by atoms with van der Waals surface area (Å²) in [4.78, 5) is 12.0. The van der Waals surface area contributed by atoms with Crippen molar-refractivity contribution in [3.05, 3.63) is 31.8 Å². The molecule has 1 amide bonds. The second-order valence-corrected chi connectivity index (χ2v) is 8.93. The summed E-state index contributed by atoms with van der Waals surface area (Å²) < 4.78 is 24.4. The topological polar surface area (TPSA) is 63.2 Å². The number of halogens is 2. The van der Waals surface area contributed by atoms with Gasteiger partial charge >= 0.3 is 0 Å². The number of nitrogens with one attached hydrogen (secondary N) is 1. The fraction of sp³-hybridized carbons (Fsp3) is 0.417. The first-order valence-electron chi connectivity index (χ1n) is 5.81. The van der Waals surface area contributed by atoms with Crippen LogP contribution in [0.3, 0.4) is 0 Å². The zero-order valence-electron chi connectivity index (χ0n) is 10.0. The number of amides is 1. The Labute approximate surface area is 134 Å². The van der Waals surface area contributed by atoms with Crippen molar-refractivity contribution in [2.45, 2.75) is 6.42 Å². The van der Waals surface area contributed by atoms with Crippen LogP contribution in [-0.2, 0) is 9.84 Å². The molecule has 1 saturated heterocycles. The number of hydrogen-bond donors (Lipinski definition) is 1. The Hall–Kier alpha value is -0.150. The maximum atomic E-state index is 12.0. The molecule has 1 aliphatic heterocycles. The van der Waals surface area contributed by atoms with E-state index in [-0.39, 0.29) is 23.3 Å². The Morgan fingerprint density at radius 2 is 2.21 bits per heavy atom. The van der Waals surface area contributed by atoms with Gasteiger partial charge in [-0.3, -0.25) is 4.79 Å². The maximum Gasteiger partial charge on any atom is 0.252 e. The van der Waals surface area contributed by atoms with Crippen molar-refractivity contribution >= 4 is 54.3 Å². The largest absolute Gasteiger partial charge is 0.352 e. The fourth-order valence-corrected chi connectivity index (χ4v) is 4.82. The summed E-state index contributed by atoms with van der Waals surface area (Å²) in [5.41, 5.74) is 0.577. The summed E-state index contributed by atoms with van der Waals surface area (Å²) in [6, 6.07) is 5.53. The van der Waals surface area contributed by atoms with E-state index < -0.39 is 9.84 Å². The third-order valence-electron chi connectivity index (χ3n) is 3.05. The van der Waals surface area contributed by atoms with Crippen LogP contribution < -0.4 is 5.32 Å². The minimum atomic E-state index is -2.88. The summed E-state index contributed by atoms with van der Waals surface area (Å²) in [5, 5.41) is 2.81. The van der Waals surface area contributed by atoms with Gasteiger partial charge in [0.25, 0.3) is 5.91 Å². The Morgan fingerprint density at radius 1 is 1.47 bits per heavy atom. The number of sulfone groups is 1. The zero-order valence-corrected chi connectivity index (χ0v) is 14.6. The van der Waals surface area contributed by atoms with Gasteiger partial charge in [0.15, 0.2) is 9.84 Å². The molecule has 1 aromatic rings. The van der Waals surface area contributed by atoms with Crippen LogP contribution in [0.5, 0.6) is 0 Å². The monoisotopic (exact) mass is 457 g/mol. The summed E-state index contributed by atoms with van der Waals surface area (Å²) in [5.74, 6) is 0.284. The maximum absolute atomic E-state index is 12.0. The van der Waals surface area contributed by atoms with Crippen LogP contribution in [0.15, 0.2) is 22.7 Å². The fourth-order valence-electron chi connectivity index (χ4n) is 2.04. The van der Waals surface area contributed by atoms with Crippen LogP contribution in [0.2, 0.25) is 0 Å². The molecule has 0 spiro atoms. The molecule has 0 bridgehead atoms. The Kier molecular flexibility index (Phi) is 4.88. The lowest BCUT2D eigenvalue weighted by atomic mass is 10.1. The average Bonchev–Trinajstić information content (AvgIpc) is 2.69. The van der Waals surface area contributed by atoms with E-state index >= 15 is 0 Å². The van der Waals surface area contributed by atoms with Gasteiger partial charge in [-0.15, -0.1) is 0 Å². The summed E-state index contributed by atoms with van der Waals surface area (Å²) in [6.07, 6.45) is 0.635. The van der Waals surface area contributed by atoms with Crippen LogP contribution in [0, 0.1) is 9.49 Å². The first kappa shape index (κ1) is 15.2. The standard InChI is InChI=1S/C12H13BrINO3S/c13-11-2-1-9(14)5-10(11)12(16)15-6-8-3-4-19(17,18)7-8/h1-2,5,8H,3-4,6-7H2,(H,15,16). The molecule has 0 aliphatic carbocycles. The van der Waals surface area contributed by atoms with Crippen molar-refractivity contribution in [3.8, 4) is 0 Å². The molecule has 2 rings (SSSR count). The van der Waals surface area contributed by atoms with Crippen molar-refractivity contribution in [3.63, 3.8) is 0 Å². The number of carbonyl (C=O) groups excluding carboxylic acids is 1.